The van der Waals surface area contributed by atoms with Crippen LogP contribution in [0.3, 0.4) is 0 Å². The molecule has 1 fully saturated rings. The lowest BCUT2D eigenvalue weighted by molar-refractivity contribution is -0.202. The van der Waals surface area contributed by atoms with Crippen molar-refractivity contribution in [1.29, 1.82) is 10.5 Å². The van der Waals surface area contributed by atoms with Crippen LogP contribution in [0.15, 0.2) is 12.2 Å². The second-order valence-electron chi connectivity index (χ2n) is 4.42. The van der Waals surface area contributed by atoms with E-state index < -0.39 is 28.3 Å². The summed E-state index contributed by atoms with van der Waals surface area (Å²) in [5.74, 6) is -1.75. The summed E-state index contributed by atoms with van der Waals surface area (Å²) in [6.07, 6.45) is -1.22. The van der Waals surface area contributed by atoms with Crippen molar-refractivity contribution in [2.45, 2.75) is 23.9 Å². The fraction of sp³-hybridized carbons (Fsp3) is 0.636. The maximum atomic E-state index is 13.2. The highest BCUT2D eigenvalue weighted by Crippen LogP contribution is 2.63. The zero-order valence-corrected chi connectivity index (χ0v) is 9.39. The van der Waals surface area contributed by atoms with Crippen LogP contribution in [0.5, 0.6) is 0 Å². The summed E-state index contributed by atoms with van der Waals surface area (Å²) < 4.78 is 39.6. The smallest absolute Gasteiger partial charge is 0.196 e. The van der Waals surface area contributed by atoms with E-state index in [0.717, 1.165) is 0 Å². The lowest BCUT2D eigenvalue weighted by Crippen LogP contribution is -2.64. The molecule has 1 saturated carbocycles. The van der Waals surface area contributed by atoms with Crippen molar-refractivity contribution < 1.29 is 13.2 Å². The van der Waals surface area contributed by atoms with Gasteiger partial charge in [0.25, 0.3) is 0 Å². The second-order valence-corrected chi connectivity index (χ2v) is 5.01. The molecule has 3 rings (SSSR count). The van der Waals surface area contributed by atoms with Crippen LogP contribution < -0.4 is 0 Å². The van der Waals surface area contributed by atoms with Gasteiger partial charge in [-0.3, -0.25) is 0 Å². The van der Waals surface area contributed by atoms with Crippen molar-refractivity contribution in [3.8, 4) is 12.1 Å². The van der Waals surface area contributed by atoms with Crippen LogP contribution in [0.1, 0.15) is 12.8 Å². The molecule has 0 saturated heterocycles. The molecule has 0 aromatic heterocycles. The average Bonchev–Trinajstić information content (AvgIpc) is 2.30. The molecule has 2 bridgehead atoms. The topological polar surface area (TPSA) is 47.6 Å². The van der Waals surface area contributed by atoms with Gasteiger partial charge >= 0.3 is 6.18 Å². The number of nitrogens with zero attached hydrogens (tertiary/aromatic N) is 2. The Hall–Kier alpha value is -1.20. The molecule has 0 spiro atoms. The number of fused-ring (bicyclic) bond motifs is 2. The van der Waals surface area contributed by atoms with Gasteiger partial charge in [0.15, 0.2) is 10.3 Å². The third-order valence-electron chi connectivity index (χ3n) is 3.77. The molecular weight excluding hydrogens is 253 g/mol. The average molecular weight is 261 g/mol. The van der Waals surface area contributed by atoms with E-state index >= 15 is 0 Å². The van der Waals surface area contributed by atoms with Gasteiger partial charge in [-0.05, 0) is 12.8 Å². The molecule has 0 aromatic rings. The summed E-state index contributed by atoms with van der Waals surface area (Å²) in [7, 11) is 0. The number of rotatable bonds is 0. The van der Waals surface area contributed by atoms with E-state index in [1.807, 2.05) is 0 Å². The predicted octanol–water partition coefficient (Wildman–Crippen LogP) is 3.16. The summed E-state index contributed by atoms with van der Waals surface area (Å²) in [6.45, 7) is 0. The van der Waals surface area contributed by atoms with Crippen molar-refractivity contribution in [2.75, 3.05) is 0 Å². The van der Waals surface area contributed by atoms with Gasteiger partial charge in [0.05, 0.1) is 12.1 Å². The Balaban J connectivity index is 2.69. The molecule has 90 valence electrons. The molecular formula is C11H8ClF3N2. The Morgan fingerprint density at radius 1 is 1.12 bits per heavy atom. The molecule has 0 aliphatic heterocycles. The van der Waals surface area contributed by atoms with Crippen LogP contribution in [0, 0.1) is 39.9 Å². The standard InChI is InChI=1S/C11H8ClF3N2/c12-10(11(13,14)15)8-3-1-7(2-4-8)9(10,5-16)6-17/h1,3,7-8H,2,4H2. The van der Waals surface area contributed by atoms with Gasteiger partial charge in [-0.15, -0.1) is 11.6 Å². The van der Waals surface area contributed by atoms with Gasteiger partial charge in [0.1, 0.15) is 0 Å². The molecule has 2 nitrogen and oxygen atoms in total. The minimum absolute atomic E-state index is 0.259. The molecule has 0 radical (unpaired) electrons. The van der Waals surface area contributed by atoms with Crippen molar-refractivity contribution in [1.82, 2.24) is 0 Å². The first-order valence-electron chi connectivity index (χ1n) is 5.10. The van der Waals surface area contributed by atoms with Gasteiger partial charge in [-0.25, -0.2) is 0 Å². The lowest BCUT2D eigenvalue weighted by atomic mass is 9.53. The normalized spacial score (nSPS) is 38.5. The maximum absolute atomic E-state index is 13.2. The Kier molecular flexibility index (Phi) is 2.45. The highest BCUT2D eigenvalue weighted by molar-refractivity contribution is 6.26. The highest BCUT2D eigenvalue weighted by Gasteiger charge is 2.75. The zero-order chi connectivity index (χ0) is 12.9. The fourth-order valence-electron chi connectivity index (χ4n) is 2.86. The van der Waals surface area contributed by atoms with Crippen molar-refractivity contribution in [3.05, 3.63) is 12.2 Å². The maximum Gasteiger partial charge on any atom is 0.410 e. The molecule has 17 heavy (non-hydrogen) atoms. The van der Waals surface area contributed by atoms with E-state index in [0.29, 0.717) is 6.42 Å². The van der Waals surface area contributed by atoms with E-state index in [-0.39, 0.29) is 6.42 Å². The molecule has 0 amide bonds. The highest BCUT2D eigenvalue weighted by atomic mass is 35.5. The van der Waals surface area contributed by atoms with Crippen molar-refractivity contribution in [3.63, 3.8) is 0 Å². The number of halogens is 4. The summed E-state index contributed by atoms with van der Waals surface area (Å²) in [6, 6.07) is 3.06. The SMILES string of the molecule is N#CC1(C#N)C2C=CC(CC2)C1(Cl)C(F)(F)F. The number of nitriles is 2. The summed E-state index contributed by atoms with van der Waals surface area (Å²) >= 11 is 5.75. The van der Waals surface area contributed by atoms with Gasteiger partial charge in [-0.1, -0.05) is 12.2 Å². The van der Waals surface area contributed by atoms with Crippen LogP contribution in [-0.4, -0.2) is 11.1 Å². The van der Waals surface area contributed by atoms with Crippen molar-refractivity contribution in [2.24, 2.45) is 17.3 Å². The van der Waals surface area contributed by atoms with Gasteiger partial charge in [0.2, 0.25) is 0 Å². The lowest BCUT2D eigenvalue weighted by Gasteiger charge is -2.52. The van der Waals surface area contributed by atoms with Crippen molar-refractivity contribution >= 4 is 11.6 Å². The van der Waals surface area contributed by atoms with Crippen LogP contribution in [-0.2, 0) is 0 Å². The monoisotopic (exact) mass is 260 g/mol. The first-order valence-corrected chi connectivity index (χ1v) is 5.47. The Morgan fingerprint density at radius 3 is 1.88 bits per heavy atom. The minimum Gasteiger partial charge on any atom is -0.196 e. The van der Waals surface area contributed by atoms with Crippen LogP contribution in [0.2, 0.25) is 0 Å². The third-order valence-corrected chi connectivity index (χ3v) is 4.56. The van der Waals surface area contributed by atoms with Gasteiger partial charge in [-0.2, -0.15) is 23.7 Å². The largest absolute Gasteiger partial charge is 0.410 e. The second kappa shape index (κ2) is 3.40. The van der Waals surface area contributed by atoms with E-state index in [1.54, 1.807) is 0 Å². The fourth-order valence-corrected chi connectivity index (χ4v) is 3.27. The van der Waals surface area contributed by atoms with E-state index in [1.165, 1.54) is 24.3 Å². The minimum atomic E-state index is -4.78. The molecule has 6 heteroatoms. The molecule has 3 aliphatic rings. The zero-order valence-electron chi connectivity index (χ0n) is 8.63. The van der Waals surface area contributed by atoms with Crippen LogP contribution in [0.4, 0.5) is 13.2 Å². The molecule has 0 aromatic carbocycles. The molecule has 3 unspecified atom stereocenters. The quantitative estimate of drug-likeness (QED) is 0.496. The van der Waals surface area contributed by atoms with Gasteiger partial charge in [0, 0.05) is 11.8 Å². The van der Waals surface area contributed by atoms with E-state index in [4.69, 9.17) is 22.1 Å². The molecule has 0 heterocycles. The first kappa shape index (κ1) is 12.3. The van der Waals surface area contributed by atoms with E-state index in [9.17, 15) is 13.2 Å². The van der Waals surface area contributed by atoms with Crippen LogP contribution >= 0.6 is 11.6 Å². The third kappa shape index (κ3) is 1.21. The molecule has 3 aliphatic carbocycles. The van der Waals surface area contributed by atoms with E-state index in [2.05, 4.69) is 0 Å². The van der Waals surface area contributed by atoms with Gasteiger partial charge < -0.3 is 0 Å². The number of allylic oxidation sites excluding steroid dienone is 2. The predicted molar refractivity (Wildman–Crippen MR) is 53.7 cm³/mol. The Bertz CT molecular complexity index is 443. The molecule has 0 N–H and O–H groups in total. The van der Waals surface area contributed by atoms with Crippen LogP contribution in [0.25, 0.3) is 0 Å². The summed E-state index contributed by atoms with van der Waals surface area (Å²) in [4.78, 5) is -2.79. The molecule has 3 atom stereocenters. The number of hydrogen-bond acceptors (Lipinski definition) is 2. The first-order chi connectivity index (χ1) is 7.83. The number of hydrogen-bond donors (Lipinski definition) is 0. The summed E-state index contributed by atoms with van der Waals surface area (Å²) in [5, 5.41) is 18.1. The number of alkyl halides is 4. The Labute approximate surface area is 101 Å². The Morgan fingerprint density at radius 2 is 1.59 bits per heavy atom. The summed E-state index contributed by atoms with van der Waals surface area (Å²) in [5.41, 5.74) is -2.22.